The number of pyridine rings is 1. The summed E-state index contributed by atoms with van der Waals surface area (Å²) in [5.41, 5.74) is 5.18. The van der Waals surface area contributed by atoms with Crippen LogP contribution in [0.25, 0.3) is 11.3 Å². The lowest BCUT2D eigenvalue weighted by Crippen LogP contribution is -2.37. The van der Waals surface area contributed by atoms with Gasteiger partial charge in [-0.1, -0.05) is 12.1 Å². The van der Waals surface area contributed by atoms with Crippen LogP contribution in [0.5, 0.6) is 5.75 Å². The van der Waals surface area contributed by atoms with E-state index in [1.807, 2.05) is 18.3 Å². The number of morpholine rings is 1. The fourth-order valence-corrected chi connectivity index (χ4v) is 4.63. The largest absolute Gasteiger partial charge is 0.508 e. The van der Waals surface area contributed by atoms with Crippen molar-refractivity contribution < 1.29 is 38.0 Å². The number of ether oxygens (including phenoxy) is 1. The number of rotatable bonds is 7. The number of nitrogens with zero attached hydrogens (tertiary/aromatic N) is 4. The molecule has 0 radical (unpaired) electrons. The summed E-state index contributed by atoms with van der Waals surface area (Å²) in [6, 6.07) is 11.4. The lowest BCUT2D eigenvalue weighted by atomic mass is 9.97. The van der Waals surface area contributed by atoms with E-state index in [-0.39, 0.29) is 18.3 Å². The van der Waals surface area contributed by atoms with Crippen LogP contribution in [0.2, 0.25) is 0 Å². The van der Waals surface area contributed by atoms with Gasteiger partial charge in [0.15, 0.2) is 0 Å². The fourth-order valence-electron chi connectivity index (χ4n) is 4.63. The fraction of sp³-hybridized carbons (Fsp3) is 0.407. The van der Waals surface area contributed by atoms with Crippen molar-refractivity contribution in [2.24, 2.45) is 0 Å². The normalized spacial score (nSPS) is 16.6. The number of fused-ring (bicyclic) bond motifs is 1. The third-order valence-corrected chi connectivity index (χ3v) is 6.52. The minimum Gasteiger partial charge on any atom is -0.508 e. The molecule has 1 unspecified atom stereocenters. The molecule has 1 aliphatic heterocycles. The van der Waals surface area contributed by atoms with Crippen molar-refractivity contribution in [2.75, 3.05) is 49.7 Å². The second kappa shape index (κ2) is 12.9. The van der Waals surface area contributed by atoms with Gasteiger partial charge in [0.2, 0.25) is 5.95 Å². The van der Waals surface area contributed by atoms with Gasteiger partial charge in [0.25, 0.3) is 0 Å². The zero-order chi connectivity index (χ0) is 28.7. The van der Waals surface area contributed by atoms with Crippen molar-refractivity contribution in [1.82, 2.24) is 15.0 Å². The van der Waals surface area contributed by atoms with Crippen LogP contribution in [0.1, 0.15) is 35.6 Å². The van der Waals surface area contributed by atoms with E-state index in [1.54, 1.807) is 12.1 Å². The van der Waals surface area contributed by atoms with E-state index < -0.39 is 12.1 Å². The van der Waals surface area contributed by atoms with Gasteiger partial charge in [-0.3, -0.25) is 0 Å². The van der Waals surface area contributed by atoms with Gasteiger partial charge in [-0.2, -0.15) is 13.2 Å². The minimum atomic E-state index is -5.08. The number of aliphatic hydroxyl groups excluding tert-OH is 1. The molecule has 1 saturated heterocycles. The lowest BCUT2D eigenvalue weighted by molar-refractivity contribution is -0.192. The number of carbonyl (C=O) groups is 1. The summed E-state index contributed by atoms with van der Waals surface area (Å²) in [6.07, 6.45) is -0.747. The predicted molar refractivity (Wildman–Crippen MR) is 140 cm³/mol. The highest BCUT2D eigenvalue weighted by molar-refractivity contribution is 5.73. The number of hydrogen-bond acceptors (Lipinski definition) is 9. The number of halogens is 3. The first-order chi connectivity index (χ1) is 19.2. The number of phenols is 1. The monoisotopic (exact) mass is 561 g/mol. The van der Waals surface area contributed by atoms with Gasteiger partial charge in [0, 0.05) is 49.5 Å². The molecular formula is C27H30F3N5O5. The number of carboxylic acid groups (broad SMARTS) is 1. The number of phenolic OH excluding ortho intramolecular Hbond substituents is 1. The number of aromatic nitrogens is 3. The van der Waals surface area contributed by atoms with Crippen molar-refractivity contribution in [3.05, 3.63) is 59.4 Å². The van der Waals surface area contributed by atoms with E-state index in [0.717, 1.165) is 60.2 Å². The van der Waals surface area contributed by atoms with Gasteiger partial charge in [-0.25, -0.2) is 19.7 Å². The van der Waals surface area contributed by atoms with Crippen LogP contribution in [0, 0.1) is 0 Å². The molecule has 2 aliphatic rings. The quantitative estimate of drug-likeness (QED) is 0.316. The third kappa shape index (κ3) is 7.16. The molecule has 1 atom stereocenters. The SMILES string of the molecule is O=C(O)C(F)(F)F.OCCCNc1cc(C2CCc3c(-c4cccc(O)c4)nc(N4CCOCC4)nc32)ccn1. The zero-order valence-electron chi connectivity index (χ0n) is 21.6. The summed E-state index contributed by atoms with van der Waals surface area (Å²) in [7, 11) is 0. The Morgan fingerprint density at radius 3 is 2.58 bits per heavy atom. The number of anilines is 2. The average Bonchev–Trinajstić information content (AvgIpc) is 3.37. The molecule has 5 rings (SSSR count). The summed E-state index contributed by atoms with van der Waals surface area (Å²) < 4.78 is 37.3. The Labute approximate surface area is 228 Å². The second-order valence-corrected chi connectivity index (χ2v) is 9.26. The van der Waals surface area contributed by atoms with Crippen molar-refractivity contribution in [2.45, 2.75) is 31.4 Å². The highest BCUT2D eigenvalue weighted by atomic mass is 19.4. The summed E-state index contributed by atoms with van der Waals surface area (Å²) in [6.45, 7) is 3.69. The molecule has 13 heteroatoms. The molecule has 0 amide bonds. The van der Waals surface area contributed by atoms with Crippen molar-refractivity contribution in [1.29, 1.82) is 0 Å². The second-order valence-electron chi connectivity index (χ2n) is 9.26. The molecule has 10 nitrogen and oxygen atoms in total. The van der Waals surface area contributed by atoms with Crippen LogP contribution in [0.4, 0.5) is 24.9 Å². The van der Waals surface area contributed by atoms with Gasteiger partial charge >= 0.3 is 12.1 Å². The van der Waals surface area contributed by atoms with E-state index in [4.69, 9.17) is 29.7 Å². The van der Waals surface area contributed by atoms with Gasteiger partial charge in [0.05, 0.1) is 24.6 Å². The average molecular weight is 562 g/mol. The maximum atomic E-state index is 10.6. The van der Waals surface area contributed by atoms with Crippen LogP contribution in [-0.4, -0.2) is 81.9 Å². The molecule has 0 spiro atoms. The molecule has 1 fully saturated rings. The first-order valence-electron chi connectivity index (χ1n) is 12.8. The Kier molecular flexibility index (Phi) is 9.38. The molecule has 3 aromatic rings. The smallest absolute Gasteiger partial charge is 0.490 e. The topological polar surface area (TPSA) is 141 Å². The van der Waals surface area contributed by atoms with Crippen LogP contribution < -0.4 is 10.2 Å². The first kappa shape index (κ1) is 29.0. The zero-order valence-corrected chi connectivity index (χ0v) is 21.6. The predicted octanol–water partition coefficient (Wildman–Crippen LogP) is 3.59. The Morgan fingerprint density at radius 1 is 1.15 bits per heavy atom. The van der Waals surface area contributed by atoms with Crippen LogP contribution in [0.15, 0.2) is 42.6 Å². The number of aliphatic carboxylic acids is 1. The van der Waals surface area contributed by atoms with Gasteiger partial charge < -0.3 is 30.3 Å². The maximum Gasteiger partial charge on any atom is 0.490 e. The molecule has 2 aromatic heterocycles. The summed E-state index contributed by atoms with van der Waals surface area (Å²) in [4.78, 5) is 25.6. The molecule has 4 N–H and O–H groups in total. The molecule has 1 aromatic carbocycles. The Morgan fingerprint density at radius 2 is 1.90 bits per heavy atom. The number of benzene rings is 1. The summed E-state index contributed by atoms with van der Waals surface area (Å²) in [5, 5.41) is 29.6. The molecular weight excluding hydrogens is 531 g/mol. The molecule has 0 bridgehead atoms. The van der Waals surface area contributed by atoms with E-state index in [9.17, 15) is 18.3 Å². The van der Waals surface area contributed by atoms with Gasteiger partial charge in [-0.15, -0.1) is 0 Å². The highest BCUT2D eigenvalue weighted by Crippen LogP contribution is 2.42. The lowest BCUT2D eigenvalue weighted by Gasteiger charge is -2.28. The molecule has 214 valence electrons. The first-order valence-corrected chi connectivity index (χ1v) is 12.8. The number of nitrogens with one attached hydrogen (secondary N) is 1. The number of aromatic hydroxyl groups is 1. The number of alkyl halides is 3. The number of carboxylic acids is 1. The molecule has 1 aliphatic carbocycles. The number of hydrogen-bond donors (Lipinski definition) is 4. The van der Waals surface area contributed by atoms with Crippen molar-refractivity contribution in [3.8, 4) is 17.0 Å². The molecule has 3 heterocycles. The maximum absolute atomic E-state index is 10.6. The van der Waals surface area contributed by atoms with Crippen LogP contribution >= 0.6 is 0 Å². The Balaban J connectivity index is 0.000000470. The van der Waals surface area contributed by atoms with Gasteiger partial charge in [-0.05, 0) is 49.1 Å². The summed E-state index contributed by atoms with van der Waals surface area (Å²) in [5.74, 6) is -0.842. The molecule has 40 heavy (non-hydrogen) atoms. The van der Waals surface area contributed by atoms with Crippen LogP contribution in [0.3, 0.4) is 0 Å². The summed E-state index contributed by atoms with van der Waals surface area (Å²) >= 11 is 0. The highest BCUT2D eigenvalue weighted by Gasteiger charge is 2.38. The van der Waals surface area contributed by atoms with E-state index in [2.05, 4.69) is 27.3 Å². The van der Waals surface area contributed by atoms with Gasteiger partial charge in [0.1, 0.15) is 11.6 Å². The van der Waals surface area contributed by atoms with E-state index in [1.165, 1.54) is 5.56 Å². The van der Waals surface area contributed by atoms with E-state index >= 15 is 0 Å². The Hall–Kier alpha value is -3.97. The van der Waals surface area contributed by atoms with Crippen molar-refractivity contribution >= 4 is 17.7 Å². The standard InChI is InChI=1S/C25H29N5O3.C2HF3O2/c31-12-2-8-26-22-16-17(7-9-27-22)20-5-6-21-23(18-3-1-4-19(32)15-18)28-25(29-24(20)21)30-10-13-33-14-11-30;3-2(4,5)1(6)7/h1,3-4,7,9,15-16,20,31-32H,2,5-6,8,10-14H2,(H,26,27);(H,6,7). The van der Waals surface area contributed by atoms with Crippen LogP contribution in [-0.2, 0) is 16.0 Å². The third-order valence-electron chi connectivity index (χ3n) is 6.52. The van der Waals surface area contributed by atoms with Crippen molar-refractivity contribution in [3.63, 3.8) is 0 Å². The van der Waals surface area contributed by atoms with E-state index in [0.29, 0.717) is 26.2 Å². The molecule has 0 saturated carbocycles. The number of aliphatic hydroxyl groups is 1. The Bertz CT molecular complexity index is 1320. The minimum absolute atomic E-state index is 0.153.